The van der Waals surface area contributed by atoms with Crippen LogP contribution >= 0.6 is 0 Å². The highest BCUT2D eigenvalue weighted by Gasteiger charge is 2.50. The van der Waals surface area contributed by atoms with Crippen molar-refractivity contribution in [3.05, 3.63) is 71.8 Å². The zero-order valence-electron chi connectivity index (χ0n) is 41.5. The van der Waals surface area contributed by atoms with Crippen LogP contribution in [0.5, 0.6) is 11.9 Å². The number of carbonyl (C=O) groups is 1. The van der Waals surface area contributed by atoms with Crippen molar-refractivity contribution < 1.29 is 41.0 Å². The van der Waals surface area contributed by atoms with Crippen molar-refractivity contribution in [2.45, 2.75) is 147 Å². The molecule has 12 nitrogen and oxygen atoms in total. The van der Waals surface area contributed by atoms with E-state index < -0.39 is 48.8 Å². The molecule has 0 bridgehead atoms. The van der Waals surface area contributed by atoms with Gasteiger partial charge in [-0.1, -0.05) is 71.7 Å². The van der Waals surface area contributed by atoms with Gasteiger partial charge < -0.3 is 14.2 Å². The van der Waals surface area contributed by atoms with Crippen LogP contribution in [0.1, 0.15) is 119 Å². The molecule has 1 amide bonds. The second-order valence-corrected chi connectivity index (χ2v) is 26.4. The Morgan fingerprint density at radius 3 is 2.34 bits per heavy atom. The van der Waals surface area contributed by atoms with E-state index in [1.807, 2.05) is 6.07 Å². The molecule has 8 rings (SSSR count). The summed E-state index contributed by atoms with van der Waals surface area (Å²) < 4.78 is 92.6. The predicted octanol–water partition coefficient (Wildman–Crippen LogP) is 12.1. The van der Waals surface area contributed by atoms with Crippen molar-refractivity contribution in [1.82, 2.24) is 34.8 Å². The van der Waals surface area contributed by atoms with Gasteiger partial charge in [-0.15, -0.1) is 5.54 Å². The summed E-state index contributed by atoms with van der Waals surface area (Å²) in [5.74, 6) is 2.07. The van der Waals surface area contributed by atoms with Crippen molar-refractivity contribution in [3.8, 4) is 34.6 Å². The third-order valence-corrected chi connectivity index (χ3v) is 20.7. The number of hydrazine groups is 1. The number of hydrogen-bond acceptors (Lipinski definition) is 11. The molecule has 3 aliphatic heterocycles. The Morgan fingerprint density at radius 1 is 0.886 bits per heavy atom. The lowest BCUT2D eigenvalue weighted by Gasteiger charge is -2.38. The second kappa shape index (κ2) is 19.8. The van der Waals surface area contributed by atoms with Gasteiger partial charge in [-0.2, -0.15) is 23.1 Å². The van der Waals surface area contributed by atoms with E-state index in [0.717, 1.165) is 31.7 Å². The van der Waals surface area contributed by atoms with Crippen molar-refractivity contribution >= 4 is 41.7 Å². The van der Waals surface area contributed by atoms with Crippen LogP contribution in [0, 0.1) is 23.1 Å². The third-order valence-electron chi connectivity index (χ3n) is 14.4. The van der Waals surface area contributed by atoms with E-state index in [0.29, 0.717) is 78.3 Å². The van der Waals surface area contributed by atoms with Gasteiger partial charge in [0.15, 0.2) is 17.3 Å². The number of alkyl halides is 3. The Morgan fingerprint density at radius 2 is 1.63 bits per heavy atom. The lowest BCUT2D eigenvalue weighted by atomic mass is 9.95. The number of pyridine rings is 1. The maximum absolute atomic E-state index is 17.9. The van der Waals surface area contributed by atoms with Gasteiger partial charge in [0.1, 0.15) is 50.2 Å². The van der Waals surface area contributed by atoms with Crippen molar-refractivity contribution in [1.29, 1.82) is 0 Å². The summed E-state index contributed by atoms with van der Waals surface area (Å²) in [4.78, 5) is 37.9. The maximum Gasteiger partial charge on any atom is 0.433 e. The quantitative estimate of drug-likeness (QED) is 0.0715. The number of hydrogen-bond donors (Lipinski definition) is 0. The predicted molar refractivity (Wildman–Crippen MR) is 262 cm³/mol. The number of ether oxygens (including phenoxy) is 3. The van der Waals surface area contributed by atoms with Gasteiger partial charge in [0.25, 0.3) is 0 Å². The number of nitrogens with zero attached hydrogens (tertiary/aromatic N) is 8. The van der Waals surface area contributed by atoms with E-state index in [9.17, 15) is 18.0 Å². The number of amides is 1. The largest absolute Gasteiger partial charge is 0.476 e. The fourth-order valence-corrected chi connectivity index (χ4v) is 16.4. The molecule has 3 saturated heterocycles. The van der Waals surface area contributed by atoms with Crippen LogP contribution in [0.25, 0.3) is 32.9 Å². The highest BCUT2D eigenvalue weighted by atomic mass is 28.3. The Bertz CT molecular complexity index is 2790. The molecule has 5 aromatic rings. The number of anilines is 1. The summed E-state index contributed by atoms with van der Waals surface area (Å²) in [5, 5.41) is 4.54. The Kier molecular flexibility index (Phi) is 14.4. The monoisotopic (exact) mass is 986 g/mol. The molecular formula is C52H63F5N8O4Si. The molecule has 0 radical (unpaired) electrons. The lowest BCUT2D eigenvalue weighted by Crippen LogP contribution is -2.49. The molecule has 0 saturated carbocycles. The first kappa shape index (κ1) is 50.7. The molecule has 3 fully saturated rings. The normalized spacial score (nSPS) is 19.2. The molecule has 3 aromatic heterocycles. The van der Waals surface area contributed by atoms with Gasteiger partial charge in [0, 0.05) is 42.3 Å². The SMILES string of the molecule is CC(C)[Si](C#Cc1c(F)ccc2cccc(-c3ncc4c(N5CCCCCN5C(=O)OC(C)(C)C)nc(OCC56CCCN5C(COc5cc(C(F)(F)F)ncn5)CC6)nc4c3F)c12)(C(C)C)C(C)C. The highest BCUT2D eigenvalue weighted by Crippen LogP contribution is 2.45. The minimum absolute atomic E-state index is 0.0625. The Labute approximate surface area is 407 Å². The molecule has 2 atom stereocenters. The summed E-state index contributed by atoms with van der Waals surface area (Å²) in [7, 11) is -2.32. The fraction of sp³-hybridized carbons (Fsp3) is 0.538. The molecule has 3 aliphatic rings. The lowest BCUT2D eigenvalue weighted by molar-refractivity contribution is -0.141. The topological polar surface area (TPSA) is 119 Å². The maximum atomic E-state index is 17.9. The minimum Gasteiger partial charge on any atom is -0.476 e. The van der Waals surface area contributed by atoms with Gasteiger partial charge in [0.2, 0.25) is 5.88 Å². The molecular weight excluding hydrogens is 924 g/mol. The van der Waals surface area contributed by atoms with E-state index in [4.69, 9.17) is 29.2 Å². The molecule has 2 aromatic carbocycles. The fourth-order valence-electron chi connectivity index (χ4n) is 11.2. The smallest absolute Gasteiger partial charge is 0.433 e. The van der Waals surface area contributed by atoms with Crippen LogP contribution in [0.4, 0.5) is 32.6 Å². The molecule has 0 N–H and O–H groups in total. The molecule has 18 heteroatoms. The van der Waals surface area contributed by atoms with E-state index in [2.05, 4.69) is 67.9 Å². The number of carbonyl (C=O) groups excluding carboxylic acids is 1. The summed E-state index contributed by atoms with van der Waals surface area (Å²) in [5.41, 5.74) is 2.53. The molecule has 2 unspecified atom stereocenters. The third kappa shape index (κ3) is 9.97. The number of benzene rings is 2. The van der Waals surface area contributed by atoms with Crippen LogP contribution in [0.3, 0.4) is 0 Å². The zero-order valence-corrected chi connectivity index (χ0v) is 42.5. The molecule has 0 spiro atoms. The van der Waals surface area contributed by atoms with E-state index in [1.54, 1.807) is 44.0 Å². The first-order valence-electron chi connectivity index (χ1n) is 24.4. The van der Waals surface area contributed by atoms with Crippen LogP contribution in [0.15, 0.2) is 48.9 Å². The number of halogens is 5. The summed E-state index contributed by atoms with van der Waals surface area (Å²) in [6, 6.07) is 8.94. The van der Waals surface area contributed by atoms with Crippen LogP contribution < -0.4 is 14.5 Å². The number of aromatic nitrogens is 5. The average Bonchev–Trinajstić information content (AvgIpc) is 3.76. The van der Waals surface area contributed by atoms with Crippen molar-refractivity contribution in [2.75, 3.05) is 37.9 Å². The zero-order chi connectivity index (χ0) is 50.3. The van der Waals surface area contributed by atoms with Crippen molar-refractivity contribution in [3.63, 3.8) is 0 Å². The van der Waals surface area contributed by atoms with Gasteiger partial charge in [0.05, 0.1) is 16.5 Å². The molecule has 0 aliphatic carbocycles. The number of fused-ring (bicyclic) bond motifs is 3. The van der Waals surface area contributed by atoms with Crippen molar-refractivity contribution in [2.24, 2.45) is 0 Å². The number of rotatable bonds is 11. The van der Waals surface area contributed by atoms with Crippen LogP contribution in [0.2, 0.25) is 16.6 Å². The second-order valence-electron chi connectivity index (χ2n) is 20.8. The first-order chi connectivity index (χ1) is 33.1. The van der Waals surface area contributed by atoms with Crippen LogP contribution in [-0.4, -0.2) is 99.0 Å². The minimum atomic E-state index is -4.64. The summed E-state index contributed by atoms with van der Waals surface area (Å²) in [6.07, 6.45) is 2.29. The van der Waals surface area contributed by atoms with Gasteiger partial charge in [-0.3, -0.25) is 14.9 Å². The van der Waals surface area contributed by atoms with Crippen LogP contribution in [-0.2, 0) is 10.9 Å². The molecule has 6 heterocycles. The molecule has 70 heavy (non-hydrogen) atoms. The standard InChI is InChI=1S/C52H63F5N8O4Si/c1-32(2)70(33(3)4,34(5)6)26-20-37-40(53)18-17-35-15-13-16-38(43(35)37)45-44(54)46-39(28-58-45)47(64-24-11-10-12-25-65(64)49(66)69-50(7,8)9)62-48(61-46)68-30-51-21-14-23-63(51)36(19-22-51)29-67-42-27-41(52(55,56)57)59-31-60-42/h13,15-18,27-28,31-34,36H,10-12,14,19,21-25,29-30H2,1-9H3. The van der Waals surface area contributed by atoms with Gasteiger partial charge >= 0.3 is 18.3 Å². The average molecular weight is 987 g/mol. The van der Waals surface area contributed by atoms with E-state index >= 15 is 8.78 Å². The van der Waals surface area contributed by atoms with Gasteiger partial charge in [-0.05, 0) is 100 Å². The Balaban J connectivity index is 1.21. The van der Waals surface area contributed by atoms with Gasteiger partial charge in [-0.25, -0.2) is 28.6 Å². The molecule has 374 valence electrons. The summed E-state index contributed by atoms with van der Waals surface area (Å²) >= 11 is 0. The highest BCUT2D eigenvalue weighted by molar-refractivity contribution is 6.90. The Hall–Kier alpha value is -5.67. The van der Waals surface area contributed by atoms with E-state index in [1.165, 1.54) is 17.3 Å². The van der Waals surface area contributed by atoms with E-state index in [-0.39, 0.29) is 59.1 Å². The first-order valence-corrected chi connectivity index (χ1v) is 26.7. The summed E-state index contributed by atoms with van der Waals surface area (Å²) in [6.45, 7) is 20.1.